The molecule has 0 aliphatic rings. The highest BCUT2D eigenvalue weighted by molar-refractivity contribution is 5.51. The van der Waals surface area contributed by atoms with Crippen LogP contribution in [0.2, 0.25) is 0 Å². The van der Waals surface area contributed by atoms with Crippen LogP contribution in [-0.2, 0) is 0 Å². The number of rotatable bonds is 16. The lowest BCUT2D eigenvalue weighted by Crippen LogP contribution is -2.63. The maximum absolute atomic E-state index is 15.2. The third-order valence-electron chi connectivity index (χ3n) is 6.20. The second kappa shape index (κ2) is 13.0. The Morgan fingerprint density at radius 1 is 0.743 bits per heavy atom. The van der Waals surface area contributed by atoms with Crippen molar-refractivity contribution < 1.29 is 43.9 Å². The van der Waals surface area contributed by atoms with E-state index in [2.05, 4.69) is 0 Å². The van der Waals surface area contributed by atoms with Crippen molar-refractivity contribution in [2.45, 2.75) is 103 Å². The normalized spacial score (nSPS) is 13.9. The number of alkyl halides is 6. The van der Waals surface area contributed by atoms with Gasteiger partial charge in [-0.15, -0.1) is 0 Å². The summed E-state index contributed by atoms with van der Waals surface area (Å²) in [5, 5.41) is 0. The summed E-state index contributed by atoms with van der Waals surface area (Å²) < 4.78 is 144. The van der Waals surface area contributed by atoms with Crippen molar-refractivity contribution in [2.24, 2.45) is 5.92 Å². The molecule has 0 saturated carbocycles. The predicted molar refractivity (Wildman–Crippen MR) is 115 cm³/mol. The van der Waals surface area contributed by atoms with Crippen molar-refractivity contribution in [1.29, 1.82) is 0 Å². The number of nitrogens with zero attached hydrogens (tertiary/aromatic N) is 1. The molecule has 0 aliphatic heterocycles. The van der Waals surface area contributed by atoms with Crippen LogP contribution in [0.25, 0.3) is 0 Å². The monoisotopic (exact) mass is 525 g/mol. The Labute approximate surface area is 199 Å². The van der Waals surface area contributed by atoms with Gasteiger partial charge in [-0.1, -0.05) is 65.7 Å². The molecule has 0 aromatic heterocycles. The second-order valence-corrected chi connectivity index (χ2v) is 8.81. The lowest BCUT2D eigenvalue weighted by atomic mass is 9.95. The molecule has 1 aromatic rings. The minimum atomic E-state index is -6.02. The number of halogens is 10. The van der Waals surface area contributed by atoms with E-state index in [0.29, 0.717) is 32.1 Å². The highest BCUT2D eigenvalue weighted by Crippen LogP contribution is 2.51. The van der Waals surface area contributed by atoms with Crippen LogP contribution in [0.3, 0.4) is 0 Å². The SMILES string of the molecule is CCCCCCC(F)(F)C(F)(F)C(F)(F)N(CCC(CC)CCCC)c1cc(F)c(F)c(F)c1F. The van der Waals surface area contributed by atoms with Crippen molar-refractivity contribution in [2.75, 3.05) is 11.4 Å². The third-order valence-corrected chi connectivity index (χ3v) is 6.20. The maximum Gasteiger partial charge on any atom is 0.395 e. The second-order valence-electron chi connectivity index (χ2n) is 8.81. The average Bonchev–Trinajstić information content (AvgIpc) is 2.80. The molecule has 1 atom stereocenters. The van der Waals surface area contributed by atoms with Gasteiger partial charge in [0.15, 0.2) is 23.3 Å². The molecule has 1 unspecified atom stereocenters. The first-order valence-corrected chi connectivity index (χ1v) is 11.9. The van der Waals surface area contributed by atoms with Gasteiger partial charge in [-0.2, -0.15) is 26.3 Å². The lowest BCUT2D eigenvalue weighted by Gasteiger charge is -2.41. The van der Waals surface area contributed by atoms with Gasteiger partial charge in [-0.25, -0.2) is 17.6 Å². The highest BCUT2D eigenvalue weighted by Gasteiger charge is 2.73. The summed E-state index contributed by atoms with van der Waals surface area (Å²) in [4.78, 5) is -0.748. The van der Waals surface area contributed by atoms with E-state index in [1.54, 1.807) is 13.8 Å². The molecule has 0 fully saturated rings. The Bertz CT molecular complexity index is 797. The first-order chi connectivity index (χ1) is 16.2. The highest BCUT2D eigenvalue weighted by atomic mass is 19.3. The fourth-order valence-corrected chi connectivity index (χ4v) is 3.85. The number of hydrogen-bond donors (Lipinski definition) is 0. The standard InChI is InChI=1S/C24H33F10N/c1-4-7-9-10-13-22(29,30)23(31,32)24(33,34)35(14-12-16(6-3)11-8-5-2)18-15-17(25)19(26)21(28)20(18)27/h15-16H,4-14H2,1-3H3. The van der Waals surface area contributed by atoms with Gasteiger partial charge in [0.05, 0.1) is 5.69 Å². The fourth-order valence-electron chi connectivity index (χ4n) is 3.85. The van der Waals surface area contributed by atoms with E-state index in [-0.39, 0.29) is 24.8 Å². The topological polar surface area (TPSA) is 3.24 Å². The summed E-state index contributed by atoms with van der Waals surface area (Å²) in [6.45, 7) is 4.17. The lowest BCUT2D eigenvalue weighted by molar-refractivity contribution is -0.310. The Balaban J connectivity index is 3.47. The van der Waals surface area contributed by atoms with Crippen LogP contribution in [0, 0.1) is 29.2 Å². The summed E-state index contributed by atoms with van der Waals surface area (Å²) in [6.07, 6.45) is 1.13. The smallest absolute Gasteiger partial charge is 0.305 e. The van der Waals surface area contributed by atoms with E-state index in [1.807, 2.05) is 6.92 Å². The first-order valence-electron chi connectivity index (χ1n) is 11.9. The molecule has 0 radical (unpaired) electrons. The molecule has 1 aromatic carbocycles. The molecule has 0 saturated heterocycles. The van der Waals surface area contributed by atoms with Crippen molar-refractivity contribution >= 4 is 5.69 Å². The van der Waals surface area contributed by atoms with E-state index in [1.165, 1.54) is 0 Å². The summed E-state index contributed by atoms with van der Waals surface area (Å²) >= 11 is 0. The minimum Gasteiger partial charge on any atom is -0.305 e. The number of unbranched alkanes of at least 4 members (excludes halogenated alkanes) is 4. The number of benzene rings is 1. The molecule has 0 heterocycles. The zero-order valence-electron chi connectivity index (χ0n) is 20.2. The predicted octanol–water partition coefficient (Wildman–Crippen LogP) is 9.49. The van der Waals surface area contributed by atoms with E-state index in [0.717, 1.165) is 6.42 Å². The van der Waals surface area contributed by atoms with E-state index in [9.17, 15) is 35.1 Å². The molecule has 35 heavy (non-hydrogen) atoms. The van der Waals surface area contributed by atoms with Crippen LogP contribution in [0.15, 0.2) is 6.07 Å². The van der Waals surface area contributed by atoms with Crippen molar-refractivity contribution in [3.05, 3.63) is 29.3 Å². The molecule has 0 N–H and O–H groups in total. The van der Waals surface area contributed by atoms with Gasteiger partial charge in [0.25, 0.3) is 0 Å². The van der Waals surface area contributed by atoms with E-state index in [4.69, 9.17) is 0 Å². The van der Waals surface area contributed by atoms with Crippen LogP contribution < -0.4 is 4.90 Å². The third kappa shape index (κ3) is 7.18. The van der Waals surface area contributed by atoms with Gasteiger partial charge in [-0.05, 0) is 18.8 Å². The number of anilines is 1. The zero-order valence-corrected chi connectivity index (χ0v) is 20.2. The molecule has 0 spiro atoms. The van der Waals surface area contributed by atoms with Crippen molar-refractivity contribution in [1.82, 2.24) is 0 Å². The molecular formula is C24H33F10N. The Hall–Kier alpha value is -1.68. The summed E-state index contributed by atoms with van der Waals surface area (Å²) in [5.74, 6) is -20.9. The molecule has 0 amide bonds. The molecular weight excluding hydrogens is 492 g/mol. The maximum atomic E-state index is 15.2. The van der Waals surface area contributed by atoms with Crippen LogP contribution in [0.1, 0.15) is 85.0 Å². The largest absolute Gasteiger partial charge is 0.395 e. The van der Waals surface area contributed by atoms with Gasteiger partial charge in [-0.3, -0.25) is 0 Å². The first kappa shape index (κ1) is 31.4. The Kier molecular flexibility index (Phi) is 11.7. The van der Waals surface area contributed by atoms with E-state index < -0.39 is 71.1 Å². The average molecular weight is 526 g/mol. The quantitative estimate of drug-likeness (QED) is 0.0683. The molecule has 11 heteroatoms. The summed E-state index contributed by atoms with van der Waals surface area (Å²) in [6, 6.07) is -5.97. The Morgan fingerprint density at radius 2 is 1.34 bits per heavy atom. The molecule has 204 valence electrons. The van der Waals surface area contributed by atoms with Gasteiger partial charge in [0, 0.05) is 19.0 Å². The summed E-state index contributed by atoms with van der Waals surface area (Å²) in [7, 11) is 0. The zero-order chi connectivity index (χ0) is 27.0. The van der Waals surface area contributed by atoms with Crippen molar-refractivity contribution in [3.8, 4) is 0 Å². The van der Waals surface area contributed by atoms with Crippen molar-refractivity contribution in [3.63, 3.8) is 0 Å². The van der Waals surface area contributed by atoms with Gasteiger partial charge >= 0.3 is 17.9 Å². The van der Waals surface area contributed by atoms with Gasteiger partial charge < -0.3 is 4.90 Å². The fraction of sp³-hybridized carbons (Fsp3) is 0.750. The molecule has 0 aliphatic carbocycles. The summed E-state index contributed by atoms with van der Waals surface area (Å²) in [5.41, 5.74) is -1.75. The van der Waals surface area contributed by atoms with Crippen LogP contribution >= 0.6 is 0 Å². The van der Waals surface area contributed by atoms with Gasteiger partial charge in [0.1, 0.15) is 0 Å². The van der Waals surface area contributed by atoms with Crippen LogP contribution in [-0.4, -0.2) is 24.4 Å². The number of hydrogen-bond acceptors (Lipinski definition) is 1. The minimum absolute atomic E-state index is 0.107. The van der Waals surface area contributed by atoms with Crippen LogP contribution in [0.5, 0.6) is 0 Å². The van der Waals surface area contributed by atoms with Gasteiger partial charge in [0.2, 0.25) is 0 Å². The molecule has 1 rings (SSSR count). The molecule has 0 bridgehead atoms. The Morgan fingerprint density at radius 3 is 1.89 bits per heavy atom. The van der Waals surface area contributed by atoms with E-state index >= 15 is 8.78 Å². The molecule has 1 nitrogen and oxygen atoms in total. The van der Waals surface area contributed by atoms with Crippen LogP contribution in [0.4, 0.5) is 49.6 Å².